The first-order valence-corrected chi connectivity index (χ1v) is 8.82. The fourth-order valence-corrected chi connectivity index (χ4v) is 3.02. The van der Waals surface area contributed by atoms with Crippen LogP contribution in [0, 0.1) is 0 Å². The van der Waals surface area contributed by atoms with Gasteiger partial charge in [0.05, 0.1) is 12.4 Å². The number of guanidine groups is 1. The van der Waals surface area contributed by atoms with Crippen molar-refractivity contribution in [3.63, 3.8) is 0 Å². The Morgan fingerprint density at radius 3 is 2.92 bits per heavy atom. The van der Waals surface area contributed by atoms with Gasteiger partial charge in [-0.05, 0) is 31.9 Å². The Hall–Kier alpha value is -1.62. The van der Waals surface area contributed by atoms with Crippen molar-refractivity contribution in [2.75, 3.05) is 33.3 Å². The van der Waals surface area contributed by atoms with Crippen molar-refractivity contribution < 1.29 is 9.15 Å². The molecule has 3 heterocycles. The molecule has 0 radical (unpaired) electrons. The molecule has 1 aliphatic heterocycles. The number of aliphatic imine (C=N–C) groups is 1. The van der Waals surface area contributed by atoms with Gasteiger partial charge >= 0.3 is 0 Å². The van der Waals surface area contributed by atoms with Crippen molar-refractivity contribution in [2.24, 2.45) is 4.99 Å². The molecule has 0 unspecified atom stereocenters. The predicted octanol–water partition coefficient (Wildman–Crippen LogP) is 2.30. The number of aromatic amines is 1. The highest BCUT2D eigenvalue weighted by molar-refractivity contribution is 14.0. The van der Waals surface area contributed by atoms with Gasteiger partial charge in [-0.15, -0.1) is 24.0 Å². The van der Waals surface area contributed by atoms with Gasteiger partial charge in [-0.25, -0.2) is 4.98 Å². The molecule has 9 heteroatoms. The van der Waals surface area contributed by atoms with Gasteiger partial charge in [0.25, 0.3) is 0 Å². The molecular formula is C17H27IN6O2. The highest BCUT2D eigenvalue weighted by Crippen LogP contribution is 2.15. The summed E-state index contributed by atoms with van der Waals surface area (Å²) in [5, 5.41) is 10.5. The van der Waals surface area contributed by atoms with E-state index in [0.717, 1.165) is 57.3 Å². The van der Waals surface area contributed by atoms with Crippen LogP contribution in [-0.4, -0.2) is 65.4 Å². The SMILES string of the molecule is CCOC1CCN(C(=NC)NCCc2nc(-c3ccco3)n[nH]2)CC1.I. The fourth-order valence-electron chi connectivity index (χ4n) is 3.02. The van der Waals surface area contributed by atoms with E-state index in [-0.39, 0.29) is 24.0 Å². The Kier molecular flexibility index (Phi) is 8.36. The van der Waals surface area contributed by atoms with E-state index in [2.05, 4.69) is 30.4 Å². The molecule has 3 rings (SSSR count). The molecule has 2 N–H and O–H groups in total. The standard InChI is InChI=1S/C17H26N6O2.HI/c1-3-24-13-7-10-23(11-8-13)17(18-2)19-9-6-15-20-16(22-21-15)14-5-4-12-25-14;/h4-5,12-13H,3,6-11H2,1-2H3,(H,18,19)(H,20,21,22);1H. The van der Waals surface area contributed by atoms with Crippen LogP contribution in [0.4, 0.5) is 0 Å². The summed E-state index contributed by atoms with van der Waals surface area (Å²) in [6.07, 6.45) is 4.83. The van der Waals surface area contributed by atoms with Gasteiger partial charge < -0.3 is 19.4 Å². The topological polar surface area (TPSA) is 91.6 Å². The average molecular weight is 474 g/mol. The van der Waals surface area contributed by atoms with Crippen molar-refractivity contribution in [1.29, 1.82) is 0 Å². The predicted molar refractivity (Wildman–Crippen MR) is 111 cm³/mol. The van der Waals surface area contributed by atoms with Crippen LogP contribution in [0.25, 0.3) is 11.6 Å². The minimum Gasteiger partial charge on any atom is -0.461 e. The van der Waals surface area contributed by atoms with Crippen LogP contribution in [0.15, 0.2) is 27.8 Å². The number of furan rings is 1. The molecular weight excluding hydrogens is 447 g/mol. The van der Waals surface area contributed by atoms with Crippen LogP contribution in [0.1, 0.15) is 25.6 Å². The van der Waals surface area contributed by atoms with Crippen LogP contribution in [0.5, 0.6) is 0 Å². The summed E-state index contributed by atoms with van der Waals surface area (Å²) in [6.45, 7) is 5.51. The molecule has 8 nitrogen and oxygen atoms in total. The summed E-state index contributed by atoms with van der Waals surface area (Å²) in [5.74, 6) is 3.01. The second-order valence-corrected chi connectivity index (χ2v) is 5.95. The van der Waals surface area contributed by atoms with E-state index in [1.165, 1.54) is 0 Å². The number of nitrogens with one attached hydrogen (secondary N) is 2. The number of piperidine rings is 1. The first-order chi connectivity index (χ1) is 12.3. The second-order valence-electron chi connectivity index (χ2n) is 5.95. The lowest BCUT2D eigenvalue weighted by Gasteiger charge is -2.34. The number of aromatic nitrogens is 3. The Morgan fingerprint density at radius 1 is 1.46 bits per heavy atom. The molecule has 0 atom stereocenters. The monoisotopic (exact) mass is 474 g/mol. The fraction of sp³-hybridized carbons (Fsp3) is 0.588. The third-order valence-corrected chi connectivity index (χ3v) is 4.27. The zero-order chi connectivity index (χ0) is 17.5. The van der Waals surface area contributed by atoms with E-state index in [4.69, 9.17) is 9.15 Å². The molecule has 26 heavy (non-hydrogen) atoms. The summed E-state index contributed by atoms with van der Waals surface area (Å²) in [5.41, 5.74) is 0. The molecule has 0 spiro atoms. The Bertz CT molecular complexity index is 665. The van der Waals surface area contributed by atoms with Crippen molar-refractivity contribution >= 4 is 29.9 Å². The number of nitrogens with zero attached hydrogens (tertiary/aromatic N) is 4. The van der Waals surface area contributed by atoms with Gasteiger partial charge in [-0.1, -0.05) is 0 Å². The van der Waals surface area contributed by atoms with E-state index >= 15 is 0 Å². The van der Waals surface area contributed by atoms with Crippen molar-refractivity contribution in [3.05, 3.63) is 24.2 Å². The summed E-state index contributed by atoms with van der Waals surface area (Å²) >= 11 is 0. The zero-order valence-electron chi connectivity index (χ0n) is 15.3. The molecule has 2 aromatic rings. The van der Waals surface area contributed by atoms with Gasteiger partial charge in [-0.2, -0.15) is 5.10 Å². The van der Waals surface area contributed by atoms with Gasteiger partial charge in [0.2, 0.25) is 5.82 Å². The first kappa shape index (κ1) is 20.7. The van der Waals surface area contributed by atoms with Gasteiger partial charge in [0.15, 0.2) is 11.7 Å². The Morgan fingerprint density at radius 2 is 2.27 bits per heavy atom. The number of likely N-dealkylation sites (tertiary alicyclic amines) is 1. The maximum Gasteiger partial charge on any atom is 0.216 e. The molecule has 0 aliphatic carbocycles. The lowest BCUT2D eigenvalue weighted by Crippen LogP contribution is -2.47. The third kappa shape index (κ3) is 5.44. The van der Waals surface area contributed by atoms with Crippen LogP contribution in [0.2, 0.25) is 0 Å². The quantitative estimate of drug-likeness (QED) is 0.380. The van der Waals surface area contributed by atoms with Crippen molar-refractivity contribution in [1.82, 2.24) is 25.4 Å². The number of halogens is 1. The molecule has 0 saturated carbocycles. The number of rotatable bonds is 6. The second kappa shape index (κ2) is 10.5. The first-order valence-electron chi connectivity index (χ1n) is 8.82. The van der Waals surface area contributed by atoms with E-state index in [1.54, 1.807) is 6.26 Å². The maximum atomic E-state index is 5.70. The average Bonchev–Trinajstić information content (AvgIpc) is 3.31. The summed E-state index contributed by atoms with van der Waals surface area (Å²) in [4.78, 5) is 11.1. The molecule has 0 bridgehead atoms. The Labute approximate surface area is 170 Å². The third-order valence-electron chi connectivity index (χ3n) is 4.27. The molecule has 1 fully saturated rings. The van der Waals surface area contributed by atoms with Crippen molar-refractivity contribution in [2.45, 2.75) is 32.3 Å². The Balaban J connectivity index is 0.00000243. The van der Waals surface area contributed by atoms with Crippen LogP contribution >= 0.6 is 24.0 Å². The van der Waals surface area contributed by atoms with E-state index in [1.807, 2.05) is 26.1 Å². The smallest absolute Gasteiger partial charge is 0.216 e. The van der Waals surface area contributed by atoms with E-state index in [0.29, 0.717) is 17.7 Å². The summed E-state index contributed by atoms with van der Waals surface area (Å²) in [7, 11) is 1.82. The lowest BCUT2D eigenvalue weighted by molar-refractivity contribution is 0.0264. The summed E-state index contributed by atoms with van der Waals surface area (Å²) in [6, 6.07) is 3.67. The number of H-pyrrole nitrogens is 1. The molecule has 1 aliphatic rings. The van der Waals surface area contributed by atoms with Crippen molar-refractivity contribution in [3.8, 4) is 11.6 Å². The highest BCUT2D eigenvalue weighted by Gasteiger charge is 2.21. The number of hydrogen-bond acceptors (Lipinski definition) is 5. The van der Waals surface area contributed by atoms with Crippen LogP contribution < -0.4 is 5.32 Å². The van der Waals surface area contributed by atoms with Gasteiger partial charge in [0.1, 0.15) is 5.82 Å². The van der Waals surface area contributed by atoms with Gasteiger partial charge in [-0.3, -0.25) is 10.1 Å². The number of ether oxygens (including phenoxy) is 1. The maximum absolute atomic E-state index is 5.70. The number of hydrogen-bond donors (Lipinski definition) is 2. The molecule has 0 amide bonds. The lowest BCUT2D eigenvalue weighted by atomic mass is 10.1. The molecule has 144 valence electrons. The highest BCUT2D eigenvalue weighted by atomic mass is 127. The molecule has 0 aromatic carbocycles. The van der Waals surface area contributed by atoms with Crippen LogP contribution in [0.3, 0.4) is 0 Å². The normalized spacial score (nSPS) is 15.8. The van der Waals surface area contributed by atoms with E-state index < -0.39 is 0 Å². The van der Waals surface area contributed by atoms with E-state index in [9.17, 15) is 0 Å². The minimum absolute atomic E-state index is 0. The minimum atomic E-state index is 0. The van der Waals surface area contributed by atoms with Crippen LogP contribution in [-0.2, 0) is 11.2 Å². The molecule has 1 saturated heterocycles. The largest absolute Gasteiger partial charge is 0.461 e. The molecule has 2 aromatic heterocycles. The zero-order valence-corrected chi connectivity index (χ0v) is 17.6. The van der Waals surface area contributed by atoms with Gasteiger partial charge in [0, 0.05) is 39.7 Å². The summed E-state index contributed by atoms with van der Waals surface area (Å²) < 4.78 is 11.0.